The summed E-state index contributed by atoms with van der Waals surface area (Å²) in [7, 11) is 3.63. The Morgan fingerprint density at radius 1 is 1.22 bits per heavy atom. The van der Waals surface area contributed by atoms with Crippen molar-refractivity contribution in [2.45, 2.75) is 20.8 Å². The van der Waals surface area contributed by atoms with Crippen LogP contribution in [0.25, 0.3) is 0 Å². The Balaban J connectivity index is 2.24. The number of carbonyl (C=O) groups is 1. The van der Waals surface area contributed by atoms with Gasteiger partial charge in [-0.25, -0.2) is 9.38 Å². The van der Waals surface area contributed by atoms with E-state index in [1.807, 2.05) is 38.8 Å². The van der Waals surface area contributed by atoms with Crippen LogP contribution < -0.4 is 4.90 Å². The zero-order chi connectivity index (χ0) is 20.1. The highest BCUT2D eigenvalue weighted by molar-refractivity contribution is 6.34. The Morgan fingerprint density at radius 2 is 1.93 bits per heavy atom. The molecule has 0 spiro atoms. The summed E-state index contributed by atoms with van der Waals surface area (Å²) in [4.78, 5) is 20.7. The summed E-state index contributed by atoms with van der Waals surface area (Å²) in [6, 6.07) is 8.29. The van der Waals surface area contributed by atoms with Crippen LogP contribution in [0.4, 0.5) is 15.8 Å². The fourth-order valence-corrected chi connectivity index (χ4v) is 3.02. The Bertz CT molecular complexity index is 846. The van der Waals surface area contributed by atoms with E-state index in [9.17, 15) is 9.18 Å². The zero-order valence-corrected chi connectivity index (χ0v) is 17.1. The first kappa shape index (κ1) is 20.9. The lowest BCUT2D eigenvalue weighted by molar-refractivity contribution is 0.100. The van der Waals surface area contributed by atoms with Crippen LogP contribution in [0.2, 0.25) is 5.02 Å². The molecule has 2 rings (SSSR count). The third-order valence-electron chi connectivity index (χ3n) is 4.43. The van der Waals surface area contributed by atoms with E-state index in [1.54, 1.807) is 36.5 Å². The van der Waals surface area contributed by atoms with Gasteiger partial charge in [-0.1, -0.05) is 23.7 Å². The Hall–Kier alpha value is -2.40. The highest BCUT2D eigenvalue weighted by Crippen LogP contribution is 2.28. The first-order valence-electron chi connectivity index (χ1n) is 8.78. The molecule has 0 aliphatic carbocycles. The molecular formula is C21H25ClFN3O. The van der Waals surface area contributed by atoms with Crippen molar-refractivity contribution in [2.75, 3.05) is 32.1 Å². The molecule has 0 atom stereocenters. The second-order valence-electron chi connectivity index (χ2n) is 6.62. The fourth-order valence-electron chi connectivity index (χ4n) is 2.75. The molecular weight excluding hydrogens is 365 g/mol. The van der Waals surface area contributed by atoms with Gasteiger partial charge in [0.15, 0.2) is 5.78 Å². The predicted octanol–water partition coefficient (Wildman–Crippen LogP) is 5.03. The highest BCUT2D eigenvalue weighted by Gasteiger charge is 2.18. The Labute approximate surface area is 165 Å². The van der Waals surface area contributed by atoms with E-state index in [4.69, 9.17) is 11.6 Å². The van der Waals surface area contributed by atoms with E-state index in [2.05, 4.69) is 4.99 Å². The minimum Gasteiger partial charge on any atom is -0.366 e. The molecule has 0 bridgehead atoms. The molecule has 0 fully saturated rings. The first-order chi connectivity index (χ1) is 12.7. The van der Waals surface area contributed by atoms with Gasteiger partial charge in [0.25, 0.3) is 0 Å². The summed E-state index contributed by atoms with van der Waals surface area (Å²) < 4.78 is 14.1. The van der Waals surface area contributed by atoms with Crippen molar-refractivity contribution < 1.29 is 9.18 Å². The Morgan fingerprint density at radius 3 is 2.56 bits per heavy atom. The summed E-state index contributed by atoms with van der Waals surface area (Å²) in [6.45, 7) is 6.60. The minimum atomic E-state index is -0.350. The number of hydrogen-bond acceptors (Lipinski definition) is 3. The standard InChI is InChI=1S/C21H25ClFN3O/c1-6-25(4)13-24-19-11-17(22)16(10-15(19)3)20(27)12-26(5)21-14(2)8-7-9-18(21)23/h7-11,13H,6,12H2,1-5H3. The molecule has 0 aromatic heterocycles. The number of nitrogens with zero attached hydrogens (tertiary/aromatic N) is 3. The third-order valence-corrected chi connectivity index (χ3v) is 4.74. The van der Waals surface area contributed by atoms with Gasteiger partial charge < -0.3 is 9.80 Å². The molecule has 0 N–H and O–H groups in total. The smallest absolute Gasteiger partial charge is 0.183 e. The van der Waals surface area contributed by atoms with Crippen LogP contribution in [0.5, 0.6) is 0 Å². The largest absolute Gasteiger partial charge is 0.366 e. The van der Waals surface area contributed by atoms with Crippen LogP contribution >= 0.6 is 11.6 Å². The minimum absolute atomic E-state index is 0.0299. The van der Waals surface area contributed by atoms with Crippen LogP contribution in [-0.4, -0.2) is 44.2 Å². The number of rotatable bonds is 7. The van der Waals surface area contributed by atoms with Gasteiger partial charge in [-0.15, -0.1) is 0 Å². The van der Waals surface area contributed by atoms with Crippen molar-refractivity contribution in [3.05, 3.63) is 57.9 Å². The second-order valence-corrected chi connectivity index (χ2v) is 7.03. The van der Waals surface area contributed by atoms with Gasteiger partial charge in [0.05, 0.1) is 29.3 Å². The van der Waals surface area contributed by atoms with Crippen LogP contribution in [0, 0.1) is 19.7 Å². The number of halogens is 2. The molecule has 2 aromatic carbocycles. The number of hydrogen-bond donors (Lipinski definition) is 0. The molecule has 0 aliphatic heterocycles. The van der Waals surface area contributed by atoms with Gasteiger partial charge in [-0.05, 0) is 50.1 Å². The second kappa shape index (κ2) is 9.00. The molecule has 2 aromatic rings. The lowest BCUT2D eigenvalue weighted by Crippen LogP contribution is -2.27. The number of anilines is 1. The number of ketones is 1. The molecule has 27 heavy (non-hydrogen) atoms. The van der Waals surface area contributed by atoms with Crippen LogP contribution in [0.1, 0.15) is 28.4 Å². The third kappa shape index (κ3) is 5.07. The monoisotopic (exact) mass is 389 g/mol. The molecule has 0 radical (unpaired) electrons. The molecule has 0 unspecified atom stereocenters. The lowest BCUT2D eigenvalue weighted by atomic mass is 10.1. The molecule has 0 saturated heterocycles. The predicted molar refractivity (Wildman–Crippen MR) is 111 cm³/mol. The van der Waals surface area contributed by atoms with Gasteiger partial charge in [-0.3, -0.25) is 4.79 Å². The van der Waals surface area contributed by atoms with Gasteiger partial charge in [0.2, 0.25) is 0 Å². The average molecular weight is 390 g/mol. The Kier molecular flexibility index (Phi) is 6.97. The number of aryl methyl sites for hydroxylation is 2. The van der Waals surface area contributed by atoms with Crippen LogP contribution in [-0.2, 0) is 0 Å². The number of aliphatic imine (C=N–C) groups is 1. The number of carbonyl (C=O) groups excluding carboxylic acids is 1. The SMILES string of the molecule is CCN(C)C=Nc1cc(Cl)c(C(=O)CN(C)c2c(C)cccc2F)cc1C. The number of benzene rings is 2. The van der Waals surface area contributed by atoms with E-state index >= 15 is 0 Å². The molecule has 0 heterocycles. The van der Waals surface area contributed by atoms with Crippen LogP contribution in [0.3, 0.4) is 0 Å². The summed E-state index contributed by atoms with van der Waals surface area (Å²) in [5, 5.41) is 0.343. The maximum atomic E-state index is 14.1. The van der Waals surface area contributed by atoms with Crippen molar-refractivity contribution in [2.24, 2.45) is 4.99 Å². The van der Waals surface area contributed by atoms with Crippen LogP contribution in [0.15, 0.2) is 35.3 Å². The zero-order valence-electron chi connectivity index (χ0n) is 16.4. The van der Waals surface area contributed by atoms with Crippen molar-refractivity contribution in [3.63, 3.8) is 0 Å². The van der Waals surface area contributed by atoms with Gasteiger partial charge >= 0.3 is 0 Å². The van der Waals surface area contributed by atoms with E-state index in [1.165, 1.54) is 6.07 Å². The first-order valence-corrected chi connectivity index (χ1v) is 9.16. The number of likely N-dealkylation sites (N-methyl/N-ethyl adjacent to an activating group) is 1. The van der Waals surface area contributed by atoms with Gasteiger partial charge in [-0.2, -0.15) is 0 Å². The number of para-hydroxylation sites is 1. The van der Waals surface area contributed by atoms with Crippen molar-refractivity contribution in [1.29, 1.82) is 0 Å². The van der Waals surface area contributed by atoms with E-state index in [0.717, 1.165) is 23.4 Å². The van der Waals surface area contributed by atoms with E-state index < -0.39 is 0 Å². The fraction of sp³-hybridized carbons (Fsp3) is 0.333. The molecule has 4 nitrogen and oxygen atoms in total. The molecule has 0 amide bonds. The van der Waals surface area contributed by atoms with Gasteiger partial charge in [0, 0.05) is 26.2 Å². The van der Waals surface area contributed by atoms with Crippen molar-refractivity contribution in [1.82, 2.24) is 4.90 Å². The van der Waals surface area contributed by atoms with E-state index in [-0.39, 0.29) is 18.1 Å². The molecule has 144 valence electrons. The van der Waals surface area contributed by atoms with E-state index in [0.29, 0.717) is 16.3 Å². The van der Waals surface area contributed by atoms with Crippen molar-refractivity contribution in [3.8, 4) is 0 Å². The summed E-state index contributed by atoms with van der Waals surface area (Å²) in [5.74, 6) is -0.522. The maximum Gasteiger partial charge on any atom is 0.183 e. The summed E-state index contributed by atoms with van der Waals surface area (Å²) in [6.07, 6.45) is 1.73. The highest BCUT2D eigenvalue weighted by atomic mass is 35.5. The molecule has 0 aliphatic rings. The average Bonchev–Trinajstić information content (AvgIpc) is 2.61. The van der Waals surface area contributed by atoms with Crippen molar-refractivity contribution >= 4 is 35.1 Å². The topological polar surface area (TPSA) is 35.9 Å². The molecule has 6 heteroatoms. The lowest BCUT2D eigenvalue weighted by Gasteiger charge is -2.21. The number of Topliss-reactive ketones (excluding diaryl/α,β-unsaturated/α-hetero) is 1. The normalized spacial score (nSPS) is 11.1. The maximum absolute atomic E-state index is 14.1. The van der Waals surface area contributed by atoms with Gasteiger partial charge in [0.1, 0.15) is 5.82 Å². The molecule has 0 saturated carbocycles. The summed E-state index contributed by atoms with van der Waals surface area (Å²) >= 11 is 6.34. The quantitative estimate of drug-likeness (QED) is 0.378. The summed E-state index contributed by atoms with van der Waals surface area (Å²) in [5.41, 5.74) is 3.18.